The number of rotatable bonds is 6. The standard InChI is InChI=1S/C18H21N3O3/c1-23-14-4-2-5-15(10-14)24-17-8-7-13(11-20-17)12-21-18(22)16-6-3-9-19-16/h2,4-5,7-8,10-11,16,19H,3,6,9,12H2,1H3,(H,21,22). The van der Waals surface area contributed by atoms with E-state index in [0.717, 1.165) is 30.7 Å². The molecular formula is C18H21N3O3. The summed E-state index contributed by atoms with van der Waals surface area (Å²) < 4.78 is 10.9. The highest BCUT2D eigenvalue weighted by atomic mass is 16.5. The van der Waals surface area contributed by atoms with Gasteiger partial charge in [0.05, 0.1) is 13.2 Å². The third-order valence-electron chi connectivity index (χ3n) is 3.90. The van der Waals surface area contributed by atoms with Gasteiger partial charge in [-0.1, -0.05) is 12.1 Å². The molecule has 1 amide bonds. The summed E-state index contributed by atoms with van der Waals surface area (Å²) in [4.78, 5) is 16.2. The average Bonchev–Trinajstić information content (AvgIpc) is 3.16. The Bertz CT molecular complexity index is 682. The lowest BCUT2D eigenvalue weighted by molar-refractivity contribution is -0.122. The van der Waals surface area contributed by atoms with E-state index in [-0.39, 0.29) is 11.9 Å². The van der Waals surface area contributed by atoms with Crippen LogP contribution in [0.2, 0.25) is 0 Å². The van der Waals surface area contributed by atoms with Crippen LogP contribution in [0.1, 0.15) is 18.4 Å². The molecule has 1 aliphatic heterocycles. The molecule has 1 unspecified atom stereocenters. The van der Waals surface area contributed by atoms with Crippen molar-refractivity contribution < 1.29 is 14.3 Å². The topological polar surface area (TPSA) is 72.5 Å². The van der Waals surface area contributed by atoms with Crippen LogP contribution in [0.4, 0.5) is 0 Å². The summed E-state index contributed by atoms with van der Waals surface area (Å²) in [5, 5.41) is 6.11. The molecule has 1 fully saturated rings. The Labute approximate surface area is 141 Å². The highest BCUT2D eigenvalue weighted by molar-refractivity contribution is 5.81. The van der Waals surface area contributed by atoms with E-state index in [4.69, 9.17) is 9.47 Å². The number of carbonyl (C=O) groups is 1. The van der Waals surface area contributed by atoms with Gasteiger partial charge in [0.1, 0.15) is 11.5 Å². The van der Waals surface area contributed by atoms with E-state index in [2.05, 4.69) is 15.6 Å². The van der Waals surface area contributed by atoms with Crippen molar-refractivity contribution in [3.63, 3.8) is 0 Å². The van der Waals surface area contributed by atoms with Gasteiger partial charge in [-0.15, -0.1) is 0 Å². The number of aromatic nitrogens is 1. The molecule has 1 aliphatic rings. The lowest BCUT2D eigenvalue weighted by Crippen LogP contribution is -2.40. The molecule has 2 aromatic rings. The minimum absolute atomic E-state index is 0.0456. The van der Waals surface area contributed by atoms with Crippen LogP contribution in [0.15, 0.2) is 42.6 Å². The molecule has 1 atom stereocenters. The second-order valence-electron chi connectivity index (χ2n) is 5.65. The first-order valence-corrected chi connectivity index (χ1v) is 8.02. The van der Waals surface area contributed by atoms with Crippen molar-refractivity contribution in [1.82, 2.24) is 15.6 Å². The van der Waals surface area contributed by atoms with E-state index < -0.39 is 0 Å². The smallest absolute Gasteiger partial charge is 0.237 e. The van der Waals surface area contributed by atoms with E-state index in [0.29, 0.717) is 18.2 Å². The van der Waals surface area contributed by atoms with Crippen LogP contribution in [-0.4, -0.2) is 30.6 Å². The maximum Gasteiger partial charge on any atom is 0.237 e. The number of nitrogens with zero attached hydrogens (tertiary/aromatic N) is 1. The molecule has 0 saturated carbocycles. The van der Waals surface area contributed by atoms with Crippen LogP contribution >= 0.6 is 0 Å². The summed E-state index contributed by atoms with van der Waals surface area (Å²) in [7, 11) is 1.61. The van der Waals surface area contributed by atoms with Crippen molar-refractivity contribution in [3.8, 4) is 17.4 Å². The van der Waals surface area contributed by atoms with Gasteiger partial charge in [-0.3, -0.25) is 4.79 Å². The third kappa shape index (κ3) is 4.23. The highest BCUT2D eigenvalue weighted by Crippen LogP contribution is 2.23. The van der Waals surface area contributed by atoms with Crippen molar-refractivity contribution in [1.29, 1.82) is 0 Å². The Morgan fingerprint density at radius 2 is 2.21 bits per heavy atom. The Balaban J connectivity index is 1.53. The molecule has 24 heavy (non-hydrogen) atoms. The quantitative estimate of drug-likeness (QED) is 0.851. The molecule has 1 aromatic heterocycles. The predicted octanol–water partition coefficient (Wildman–Crippen LogP) is 2.25. The van der Waals surface area contributed by atoms with Crippen molar-refractivity contribution in [2.45, 2.75) is 25.4 Å². The Hall–Kier alpha value is -2.60. The number of hydrogen-bond donors (Lipinski definition) is 2. The van der Waals surface area contributed by atoms with Crippen LogP contribution in [-0.2, 0) is 11.3 Å². The molecule has 0 bridgehead atoms. The monoisotopic (exact) mass is 327 g/mol. The fourth-order valence-electron chi connectivity index (χ4n) is 2.58. The highest BCUT2D eigenvalue weighted by Gasteiger charge is 2.21. The van der Waals surface area contributed by atoms with E-state index in [1.54, 1.807) is 25.4 Å². The van der Waals surface area contributed by atoms with Gasteiger partial charge in [0.2, 0.25) is 11.8 Å². The van der Waals surface area contributed by atoms with Crippen molar-refractivity contribution in [2.24, 2.45) is 0 Å². The summed E-state index contributed by atoms with van der Waals surface area (Å²) in [5.74, 6) is 1.93. The summed E-state index contributed by atoms with van der Waals surface area (Å²) in [6.45, 7) is 1.37. The molecule has 2 N–H and O–H groups in total. The molecule has 0 spiro atoms. The Morgan fingerprint density at radius 3 is 2.92 bits per heavy atom. The summed E-state index contributed by atoms with van der Waals surface area (Å²) in [6, 6.07) is 11.0. The first kappa shape index (κ1) is 16.3. The minimum Gasteiger partial charge on any atom is -0.497 e. The molecule has 6 nitrogen and oxygen atoms in total. The molecule has 2 heterocycles. The van der Waals surface area contributed by atoms with Crippen LogP contribution < -0.4 is 20.1 Å². The first-order valence-electron chi connectivity index (χ1n) is 8.02. The molecule has 1 aromatic carbocycles. The largest absolute Gasteiger partial charge is 0.497 e. The van der Waals surface area contributed by atoms with E-state index in [9.17, 15) is 4.79 Å². The van der Waals surface area contributed by atoms with Gasteiger partial charge in [0.25, 0.3) is 0 Å². The van der Waals surface area contributed by atoms with Gasteiger partial charge in [-0.25, -0.2) is 4.98 Å². The van der Waals surface area contributed by atoms with Crippen LogP contribution in [0.5, 0.6) is 17.4 Å². The molecule has 126 valence electrons. The number of carbonyl (C=O) groups excluding carboxylic acids is 1. The number of pyridine rings is 1. The second-order valence-corrected chi connectivity index (χ2v) is 5.65. The van der Waals surface area contributed by atoms with Gasteiger partial charge in [0.15, 0.2) is 0 Å². The predicted molar refractivity (Wildman–Crippen MR) is 90.2 cm³/mol. The zero-order valence-corrected chi connectivity index (χ0v) is 13.6. The Morgan fingerprint density at radius 1 is 1.33 bits per heavy atom. The van der Waals surface area contributed by atoms with Crippen molar-refractivity contribution in [2.75, 3.05) is 13.7 Å². The van der Waals surface area contributed by atoms with Crippen LogP contribution in [0.25, 0.3) is 0 Å². The maximum atomic E-state index is 12.0. The minimum atomic E-state index is -0.0615. The van der Waals surface area contributed by atoms with E-state index in [1.807, 2.05) is 24.3 Å². The molecule has 3 rings (SSSR count). The summed E-state index contributed by atoms with van der Waals surface area (Å²) in [5.41, 5.74) is 0.930. The molecule has 6 heteroatoms. The lowest BCUT2D eigenvalue weighted by atomic mass is 10.2. The molecule has 0 radical (unpaired) electrons. The Kier molecular flexibility index (Phi) is 5.28. The number of amides is 1. The maximum absolute atomic E-state index is 12.0. The number of methoxy groups -OCH3 is 1. The third-order valence-corrected chi connectivity index (χ3v) is 3.90. The van der Waals surface area contributed by atoms with Crippen LogP contribution in [0.3, 0.4) is 0 Å². The van der Waals surface area contributed by atoms with Gasteiger partial charge in [-0.05, 0) is 37.1 Å². The van der Waals surface area contributed by atoms with Crippen LogP contribution in [0, 0.1) is 0 Å². The van der Waals surface area contributed by atoms with Gasteiger partial charge < -0.3 is 20.1 Å². The SMILES string of the molecule is COc1cccc(Oc2ccc(CNC(=O)C3CCCN3)cn2)c1. The normalized spacial score (nSPS) is 16.6. The molecule has 0 aliphatic carbocycles. The first-order chi connectivity index (χ1) is 11.7. The fourth-order valence-corrected chi connectivity index (χ4v) is 2.58. The zero-order valence-electron chi connectivity index (χ0n) is 13.6. The lowest BCUT2D eigenvalue weighted by Gasteiger charge is -2.11. The summed E-state index contributed by atoms with van der Waals surface area (Å²) in [6.07, 6.45) is 3.66. The van der Waals surface area contributed by atoms with Gasteiger partial charge in [0, 0.05) is 24.9 Å². The van der Waals surface area contributed by atoms with Crippen molar-refractivity contribution >= 4 is 5.91 Å². The van der Waals surface area contributed by atoms with E-state index >= 15 is 0 Å². The number of nitrogens with one attached hydrogen (secondary N) is 2. The summed E-state index contributed by atoms with van der Waals surface area (Å²) >= 11 is 0. The number of benzene rings is 1. The number of ether oxygens (including phenoxy) is 2. The van der Waals surface area contributed by atoms with Gasteiger partial charge in [-0.2, -0.15) is 0 Å². The second kappa shape index (κ2) is 7.79. The molecular weight excluding hydrogens is 306 g/mol. The average molecular weight is 327 g/mol. The zero-order chi connectivity index (χ0) is 16.8. The molecule has 1 saturated heterocycles. The van der Waals surface area contributed by atoms with Crippen molar-refractivity contribution in [3.05, 3.63) is 48.2 Å². The number of hydrogen-bond acceptors (Lipinski definition) is 5. The van der Waals surface area contributed by atoms with E-state index in [1.165, 1.54) is 0 Å². The van der Waals surface area contributed by atoms with Gasteiger partial charge >= 0.3 is 0 Å². The fraction of sp³-hybridized carbons (Fsp3) is 0.333.